The monoisotopic (exact) mass is 609 g/mol. The van der Waals surface area contributed by atoms with E-state index in [2.05, 4.69) is 101 Å². The SMILES string of the molecule is [Ni+2].[O-]/C(=N\N=C\c1c([O-])ccc2ccccc12)c1ccccc1.c1ccc([PH+](c2ccccc2)c2ccccc2)cc1. The van der Waals surface area contributed by atoms with Crippen LogP contribution in [-0.2, 0) is 16.5 Å². The van der Waals surface area contributed by atoms with E-state index in [1.807, 2.05) is 30.3 Å². The topological polar surface area (TPSA) is 70.8 Å². The molecule has 42 heavy (non-hydrogen) atoms. The van der Waals surface area contributed by atoms with Gasteiger partial charge in [-0.15, -0.1) is 0 Å². The van der Waals surface area contributed by atoms with Crippen LogP contribution in [0.2, 0.25) is 0 Å². The summed E-state index contributed by atoms with van der Waals surface area (Å²) < 4.78 is 0. The summed E-state index contributed by atoms with van der Waals surface area (Å²) in [5.74, 6) is -0.589. The molecule has 0 fully saturated rings. The van der Waals surface area contributed by atoms with Gasteiger partial charge in [0, 0.05) is 5.90 Å². The Hall–Kier alpha value is -4.56. The third-order valence-corrected chi connectivity index (χ3v) is 9.21. The molecule has 0 saturated carbocycles. The Morgan fingerprint density at radius 2 is 1.00 bits per heavy atom. The molecule has 4 nitrogen and oxygen atoms in total. The van der Waals surface area contributed by atoms with Crippen molar-refractivity contribution in [3.63, 3.8) is 0 Å². The molecule has 0 heterocycles. The Morgan fingerprint density at radius 1 is 0.548 bits per heavy atom. The molecule has 0 spiro atoms. The fraction of sp³-hybridized carbons (Fsp3) is 0. The molecular weight excluding hydrogens is 582 g/mol. The van der Waals surface area contributed by atoms with E-state index < -0.39 is 13.8 Å². The molecule has 0 bridgehead atoms. The summed E-state index contributed by atoms with van der Waals surface area (Å²) in [6, 6.07) is 51.9. The van der Waals surface area contributed by atoms with Crippen molar-refractivity contribution >= 4 is 46.7 Å². The molecule has 0 atom stereocenters. The van der Waals surface area contributed by atoms with Crippen molar-refractivity contribution in [1.29, 1.82) is 0 Å². The second-order valence-corrected chi connectivity index (χ2v) is 11.7. The summed E-state index contributed by atoms with van der Waals surface area (Å²) in [6.45, 7) is 0. The number of fused-ring (bicyclic) bond motifs is 1. The minimum absolute atomic E-state index is 0. The predicted molar refractivity (Wildman–Crippen MR) is 171 cm³/mol. The quantitative estimate of drug-likeness (QED) is 0.0853. The van der Waals surface area contributed by atoms with Crippen LogP contribution in [0.1, 0.15) is 11.1 Å². The van der Waals surface area contributed by atoms with Gasteiger partial charge in [0.05, 0.1) is 14.1 Å². The van der Waals surface area contributed by atoms with Crippen molar-refractivity contribution in [2.45, 2.75) is 0 Å². The Labute approximate surface area is 257 Å². The van der Waals surface area contributed by atoms with Gasteiger partial charge in [-0.25, -0.2) is 0 Å². The van der Waals surface area contributed by atoms with Gasteiger partial charge >= 0.3 is 16.5 Å². The van der Waals surface area contributed by atoms with Crippen LogP contribution < -0.4 is 26.1 Å². The standard InChI is InChI=1S/C18H14N2O2.C18H15P.Ni/c21-17-11-10-13-6-4-5-9-15(13)16(17)12-19-20-18(22)14-7-2-1-3-8-14;1-4-10-16(11-5-1)19(17-12-6-2-7-13-17)18-14-8-3-9-15-18;/h1-12,21H,(H,20,22);1-15H;/q;;+2/p-1/b19-12+;;. The minimum atomic E-state index is -0.877. The van der Waals surface area contributed by atoms with E-state index in [9.17, 15) is 10.2 Å². The van der Waals surface area contributed by atoms with E-state index in [1.54, 1.807) is 30.3 Å². The number of benzene rings is 6. The van der Waals surface area contributed by atoms with Gasteiger partial charge in [0.25, 0.3) is 0 Å². The first-order valence-corrected chi connectivity index (χ1v) is 14.8. The van der Waals surface area contributed by atoms with E-state index >= 15 is 0 Å². The molecule has 0 amide bonds. The molecule has 0 aromatic heterocycles. The predicted octanol–water partition coefficient (Wildman–Crippen LogP) is 5.23. The van der Waals surface area contributed by atoms with E-state index in [0.29, 0.717) is 11.1 Å². The van der Waals surface area contributed by atoms with Crippen molar-refractivity contribution in [2.75, 3.05) is 0 Å². The van der Waals surface area contributed by atoms with Gasteiger partial charge in [0.1, 0.15) is 15.9 Å². The van der Waals surface area contributed by atoms with Crippen LogP contribution in [-0.4, -0.2) is 12.1 Å². The molecule has 6 aromatic carbocycles. The first-order chi connectivity index (χ1) is 20.2. The van der Waals surface area contributed by atoms with Gasteiger partial charge in [-0.2, -0.15) is 10.2 Å². The molecule has 0 aliphatic heterocycles. The number of hydrogen-bond donors (Lipinski definition) is 0. The smallest absolute Gasteiger partial charge is 0.872 e. The van der Waals surface area contributed by atoms with Gasteiger partial charge in [-0.1, -0.05) is 127 Å². The van der Waals surface area contributed by atoms with Crippen LogP contribution in [0.3, 0.4) is 0 Å². The molecular formula is C36H28N2NiO2P+. The first kappa shape index (κ1) is 30.4. The number of hydrogen-bond acceptors (Lipinski definition) is 4. The summed E-state index contributed by atoms with van der Waals surface area (Å²) >= 11 is 0. The molecule has 6 aromatic rings. The van der Waals surface area contributed by atoms with Crippen LogP contribution in [0.15, 0.2) is 168 Å². The Balaban J connectivity index is 0.000000190. The van der Waals surface area contributed by atoms with Crippen LogP contribution >= 0.6 is 7.92 Å². The summed E-state index contributed by atoms with van der Waals surface area (Å²) in [5.41, 5.74) is 0.891. The van der Waals surface area contributed by atoms with Gasteiger partial charge < -0.3 is 10.2 Å². The summed E-state index contributed by atoms with van der Waals surface area (Å²) in [4.78, 5) is 0. The Kier molecular flexibility index (Phi) is 11.2. The van der Waals surface area contributed by atoms with Crippen LogP contribution in [0.25, 0.3) is 10.8 Å². The molecule has 0 saturated heterocycles. The van der Waals surface area contributed by atoms with Crippen molar-refractivity contribution < 1.29 is 26.7 Å². The molecule has 0 N–H and O–H groups in total. The number of nitrogens with zero attached hydrogens (tertiary/aromatic N) is 2. The van der Waals surface area contributed by atoms with E-state index in [1.165, 1.54) is 28.2 Å². The van der Waals surface area contributed by atoms with E-state index in [0.717, 1.165) is 10.8 Å². The number of rotatable bonds is 6. The normalized spacial score (nSPS) is 11.1. The zero-order chi connectivity index (χ0) is 28.3. The van der Waals surface area contributed by atoms with Crippen LogP contribution in [0, 0.1) is 0 Å². The van der Waals surface area contributed by atoms with Gasteiger partial charge in [0.2, 0.25) is 0 Å². The molecule has 6 heteroatoms. The van der Waals surface area contributed by atoms with Crippen molar-refractivity contribution in [3.8, 4) is 5.75 Å². The molecule has 0 unspecified atom stereocenters. The third kappa shape index (κ3) is 7.80. The van der Waals surface area contributed by atoms with Crippen molar-refractivity contribution in [1.82, 2.24) is 0 Å². The maximum atomic E-state index is 12.0. The molecule has 6 rings (SSSR count). The average molecular weight is 610 g/mol. The van der Waals surface area contributed by atoms with E-state index in [-0.39, 0.29) is 22.2 Å². The molecule has 0 radical (unpaired) electrons. The molecule has 0 aliphatic carbocycles. The second kappa shape index (κ2) is 15.4. The van der Waals surface area contributed by atoms with Gasteiger partial charge in [0.15, 0.2) is 0 Å². The van der Waals surface area contributed by atoms with Crippen molar-refractivity contribution in [3.05, 3.63) is 169 Å². The Bertz CT molecular complexity index is 1650. The minimum Gasteiger partial charge on any atom is -0.872 e. The van der Waals surface area contributed by atoms with Gasteiger partial charge in [-0.05, 0) is 58.3 Å². The van der Waals surface area contributed by atoms with E-state index in [4.69, 9.17) is 0 Å². The zero-order valence-electron chi connectivity index (χ0n) is 22.6. The van der Waals surface area contributed by atoms with Crippen molar-refractivity contribution in [2.24, 2.45) is 10.2 Å². The van der Waals surface area contributed by atoms with Crippen LogP contribution in [0.4, 0.5) is 0 Å². The maximum absolute atomic E-state index is 12.0. The van der Waals surface area contributed by atoms with Gasteiger partial charge in [-0.3, -0.25) is 0 Å². The summed E-state index contributed by atoms with van der Waals surface area (Å²) in [6.07, 6.45) is 1.34. The first-order valence-electron chi connectivity index (χ1n) is 13.3. The molecule has 0 aliphatic rings. The fourth-order valence-corrected chi connectivity index (χ4v) is 7.08. The fourth-order valence-electron chi connectivity index (χ4n) is 4.50. The second-order valence-electron chi connectivity index (χ2n) is 9.19. The Morgan fingerprint density at radius 3 is 1.52 bits per heavy atom. The maximum Gasteiger partial charge on any atom is 2.00 e. The average Bonchev–Trinajstić information content (AvgIpc) is 3.04. The zero-order valence-corrected chi connectivity index (χ0v) is 24.6. The summed E-state index contributed by atoms with van der Waals surface area (Å²) in [7, 11) is -0.877. The molecule has 208 valence electrons. The summed E-state index contributed by atoms with van der Waals surface area (Å²) in [5, 5.41) is 37.2. The van der Waals surface area contributed by atoms with Crippen LogP contribution in [0.5, 0.6) is 5.75 Å². The largest absolute Gasteiger partial charge is 2.00 e. The third-order valence-electron chi connectivity index (χ3n) is 6.47.